The number of carbonyl (C=O) groups is 2. The van der Waals surface area contributed by atoms with Crippen LogP contribution in [-0.4, -0.2) is 35.0 Å². The maximum absolute atomic E-state index is 11.7. The van der Waals surface area contributed by atoms with E-state index in [1.807, 2.05) is 0 Å². The van der Waals surface area contributed by atoms with Crippen molar-refractivity contribution in [3.8, 4) is 0 Å². The molecule has 0 aromatic rings. The van der Waals surface area contributed by atoms with E-state index in [1.54, 1.807) is 0 Å². The molecule has 1 saturated carbocycles. The maximum atomic E-state index is 11.7. The number of carbonyl (C=O) groups excluding carboxylic acids is 2. The van der Waals surface area contributed by atoms with Crippen LogP contribution in [0.15, 0.2) is 0 Å². The van der Waals surface area contributed by atoms with E-state index in [9.17, 15) is 9.59 Å². The highest BCUT2D eigenvalue weighted by Crippen LogP contribution is 2.37. The van der Waals surface area contributed by atoms with E-state index < -0.39 is 0 Å². The first-order valence-electron chi connectivity index (χ1n) is 5.22. The normalized spacial score (nSPS) is 32.2. The highest BCUT2D eigenvalue weighted by Gasteiger charge is 2.47. The van der Waals surface area contributed by atoms with E-state index >= 15 is 0 Å². The van der Waals surface area contributed by atoms with Gasteiger partial charge in [-0.3, -0.25) is 14.5 Å². The molecule has 14 heavy (non-hydrogen) atoms. The molecule has 1 aliphatic heterocycles. The van der Waals surface area contributed by atoms with E-state index in [0.717, 1.165) is 25.7 Å². The SMILES string of the molecule is O=C1[C@H]2CCCC[C@H]2C(=O)N1CCO. The number of hydrogen-bond acceptors (Lipinski definition) is 3. The Labute approximate surface area is 82.9 Å². The molecule has 2 aliphatic rings. The van der Waals surface area contributed by atoms with Crippen molar-refractivity contribution in [3.05, 3.63) is 0 Å². The third kappa shape index (κ3) is 1.34. The number of imide groups is 1. The van der Waals surface area contributed by atoms with E-state index in [0.29, 0.717) is 0 Å². The lowest BCUT2D eigenvalue weighted by molar-refractivity contribution is -0.140. The summed E-state index contributed by atoms with van der Waals surface area (Å²) in [5.74, 6) is -0.284. The molecule has 2 fully saturated rings. The molecule has 2 amide bonds. The Kier molecular flexibility index (Phi) is 2.54. The molecule has 1 N–H and O–H groups in total. The molecule has 0 unspecified atom stereocenters. The van der Waals surface area contributed by atoms with Crippen LogP contribution in [0.1, 0.15) is 25.7 Å². The second kappa shape index (κ2) is 3.69. The van der Waals surface area contributed by atoms with Gasteiger partial charge >= 0.3 is 0 Å². The summed E-state index contributed by atoms with van der Waals surface area (Å²) in [4.78, 5) is 24.7. The fourth-order valence-corrected chi connectivity index (χ4v) is 2.55. The number of fused-ring (bicyclic) bond motifs is 1. The van der Waals surface area contributed by atoms with Crippen molar-refractivity contribution in [1.82, 2.24) is 4.90 Å². The average Bonchev–Trinajstić information content (AvgIpc) is 2.45. The number of hydrogen-bond donors (Lipinski definition) is 1. The zero-order valence-corrected chi connectivity index (χ0v) is 8.11. The van der Waals surface area contributed by atoms with Gasteiger partial charge in [0.05, 0.1) is 25.0 Å². The highest BCUT2D eigenvalue weighted by molar-refractivity contribution is 6.05. The lowest BCUT2D eigenvalue weighted by atomic mass is 9.81. The first-order valence-corrected chi connectivity index (χ1v) is 5.22. The summed E-state index contributed by atoms with van der Waals surface area (Å²) >= 11 is 0. The van der Waals surface area contributed by atoms with Gasteiger partial charge in [-0.25, -0.2) is 0 Å². The van der Waals surface area contributed by atoms with E-state index in [4.69, 9.17) is 5.11 Å². The van der Waals surface area contributed by atoms with Crippen molar-refractivity contribution < 1.29 is 14.7 Å². The smallest absolute Gasteiger partial charge is 0.233 e. The number of rotatable bonds is 2. The number of likely N-dealkylation sites (tertiary alicyclic amines) is 1. The highest BCUT2D eigenvalue weighted by atomic mass is 16.3. The van der Waals surface area contributed by atoms with E-state index in [-0.39, 0.29) is 36.8 Å². The summed E-state index contributed by atoms with van der Waals surface area (Å²) in [6.45, 7) is 0.0432. The fraction of sp³-hybridized carbons (Fsp3) is 0.800. The summed E-state index contributed by atoms with van der Waals surface area (Å²) in [6, 6.07) is 0. The molecule has 0 spiro atoms. The predicted octanol–water partition coefficient (Wildman–Crippen LogP) is 0.154. The van der Waals surface area contributed by atoms with Crippen molar-refractivity contribution in [3.63, 3.8) is 0 Å². The number of amides is 2. The molecule has 1 heterocycles. The van der Waals surface area contributed by atoms with Gasteiger partial charge in [0.15, 0.2) is 0 Å². The minimum atomic E-state index is -0.128. The Hall–Kier alpha value is -0.900. The molecule has 0 aromatic carbocycles. The summed E-state index contributed by atoms with van der Waals surface area (Å²) in [5, 5.41) is 8.75. The van der Waals surface area contributed by atoms with Gasteiger partial charge in [-0.15, -0.1) is 0 Å². The van der Waals surface area contributed by atoms with Gasteiger partial charge in [0, 0.05) is 0 Å². The van der Waals surface area contributed by atoms with Gasteiger partial charge in [0.1, 0.15) is 0 Å². The van der Waals surface area contributed by atoms with Gasteiger partial charge < -0.3 is 5.11 Å². The zero-order chi connectivity index (χ0) is 10.1. The monoisotopic (exact) mass is 197 g/mol. The number of nitrogens with zero attached hydrogens (tertiary/aromatic N) is 1. The van der Waals surface area contributed by atoms with Crippen LogP contribution >= 0.6 is 0 Å². The molecule has 1 saturated heterocycles. The summed E-state index contributed by atoms with van der Waals surface area (Å²) in [5.41, 5.74) is 0. The Balaban J connectivity index is 2.15. The van der Waals surface area contributed by atoms with Gasteiger partial charge in [0.2, 0.25) is 11.8 Å². The Morgan fingerprint density at radius 1 is 1.14 bits per heavy atom. The van der Waals surface area contributed by atoms with E-state index in [1.165, 1.54) is 4.90 Å². The first kappa shape index (κ1) is 9.65. The summed E-state index contributed by atoms with van der Waals surface area (Å²) < 4.78 is 0. The van der Waals surface area contributed by atoms with Crippen molar-refractivity contribution in [1.29, 1.82) is 0 Å². The van der Waals surface area contributed by atoms with Crippen LogP contribution in [0.5, 0.6) is 0 Å². The second-order valence-electron chi connectivity index (χ2n) is 4.05. The lowest BCUT2D eigenvalue weighted by Crippen LogP contribution is -2.33. The minimum absolute atomic E-state index is 0.0613. The van der Waals surface area contributed by atoms with Crippen LogP contribution in [0, 0.1) is 11.8 Å². The fourth-order valence-electron chi connectivity index (χ4n) is 2.55. The molecule has 4 heteroatoms. The number of aliphatic hydroxyl groups is 1. The van der Waals surface area contributed by atoms with Gasteiger partial charge in [-0.05, 0) is 12.8 Å². The topological polar surface area (TPSA) is 57.6 Å². The molecule has 0 aromatic heterocycles. The third-order valence-corrected chi connectivity index (χ3v) is 3.26. The molecule has 0 bridgehead atoms. The molecule has 4 nitrogen and oxygen atoms in total. The first-order chi connectivity index (χ1) is 6.75. The standard InChI is InChI=1S/C10H15NO3/c12-6-5-11-9(13)7-3-1-2-4-8(7)10(11)14/h7-8,12H,1-6H2/t7-,8+. The van der Waals surface area contributed by atoms with E-state index in [2.05, 4.69) is 0 Å². The summed E-state index contributed by atoms with van der Waals surface area (Å²) in [7, 11) is 0. The number of aliphatic hydroxyl groups excluding tert-OH is 1. The van der Waals surface area contributed by atoms with Crippen LogP contribution in [0.4, 0.5) is 0 Å². The lowest BCUT2D eigenvalue weighted by Gasteiger charge is -2.19. The van der Waals surface area contributed by atoms with Crippen LogP contribution < -0.4 is 0 Å². The molecule has 0 radical (unpaired) electrons. The van der Waals surface area contributed by atoms with Crippen LogP contribution in [0.3, 0.4) is 0 Å². The molecule has 2 atom stereocenters. The van der Waals surface area contributed by atoms with Gasteiger partial charge in [-0.2, -0.15) is 0 Å². The molecular formula is C10H15NO3. The number of β-amino-alcohol motifs (C(OH)–C–C–N with tert-alkyl or cyclic N) is 1. The van der Waals surface area contributed by atoms with Gasteiger partial charge in [-0.1, -0.05) is 12.8 Å². The maximum Gasteiger partial charge on any atom is 0.233 e. The molecular weight excluding hydrogens is 182 g/mol. The predicted molar refractivity (Wildman–Crippen MR) is 49.3 cm³/mol. The summed E-state index contributed by atoms with van der Waals surface area (Å²) in [6.07, 6.45) is 3.79. The van der Waals surface area contributed by atoms with Crippen LogP contribution in [-0.2, 0) is 9.59 Å². The van der Waals surface area contributed by atoms with Crippen molar-refractivity contribution >= 4 is 11.8 Å². The molecule has 2 rings (SSSR count). The van der Waals surface area contributed by atoms with Crippen molar-refractivity contribution in [2.75, 3.05) is 13.2 Å². The third-order valence-electron chi connectivity index (χ3n) is 3.26. The van der Waals surface area contributed by atoms with Crippen LogP contribution in [0.2, 0.25) is 0 Å². The Morgan fingerprint density at radius 3 is 2.07 bits per heavy atom. The quantitative estimate of drug-likeness (QED) is 0.641. The second-order valence-corrected chi connectivity index (χ2v) is 4.05. The zero-order valence-electron chi connectivity index (χ0n) is 8.11. The van der Waals surface area contributed by atoms with Crippen molar-refractivity contribution in [2.45, 2.75) is 25.7 Å². The Bertz CT molecular complexity index is 240. The van der Waals surface area contributed by atoms with Gasteiger partial charge in [0.25, 0.3) is 0 Å². The molecule has 78 valence electrons. The molecule has 1 aliphatic carbocycles. The van der Waals surface area contributed by atoms with Crippen LogP contribution in [0.25, 0.3) is 0 Å². The largest absolute Gasteiger partial charge is 0.395 e. The average molecular weight is 197 g/mol. The minimum Gasteiger partial charge on any atom is -0.395 e. The van der Waals surface area contributed by atoms with Crippen molar-refractivity contribution in [2.24, 2.45) is 11.8 Å². The Morgan fingerprint density at radius 2 is 1.64 bits per heavy atom.